The lowest BCUT2D eigenvalue weighted by Gasteiger charge is -2.21. The minimum absolute atomic E-state index is 0.00734. The highest BCUT2D eigenvalue weighted by Gasteiger charge is 2.32. The summed E-state index contributed by atoms with van der Waals surface area (Å²) < 4.78 is 56.6. The number of thioether (sulfide) groups is 1. The van der Waals surface area contributed by atoms with Crippen molar-refractivity contribution < 1.29 is 27.1 Å². The summed E-state index contributed by atoms with van der Waals surface area (Å²) in [6.07, 6.45) is -1.79. The van der Waals surface area contributed by atoms with Crippen LogP contribution in [0.4, 0.5) is 23.2 Å². The van der Waals surface area contributed by atoms with Gasteiger partial charge in [0.05, 0.1) is 17.1 Å². The molecule has 3 aromatic carbocycles. The maximum Gasteiger partial charge on any atom is 0.573 e. The fourth-order valence-corrected chi connectivity index (χ4v) is 5.79. The smallest absolute Gasteiger partial charge is 0.406 e. The molecule has 1 fully saturated rings. The van der Waals surface area contributed by atoms with Gasteiger partial charge in [-0.2, -0.15) is 4.99 Å². The van der Waals surface area contributed by atoms with Crippen molar-refractivity contribution in [3.63, 3.8) is 0 Å². The second kappa shape index (κ2) is 13.8. The highest BCUT2D eigenvalue weighted by molar-refractivity contribution is 8.15. The molecule has 1 aliphatic heterocycles. The van der Waals surface area contributed by atoms with E-state index in [9.17, 15) is 22.4 Å². The number of aryl methyl sites for hydroxylation is 1. The third-order valence-electron chi connectivity index (χ3n) is 6.75. The molecule has 0 spiro atoms. The lowest BCUT2D eigenvalue weighted by molar-refractivity contribution is -0.274. The number of carbonyl (C=O) groups excluding carboxylic acids is 1. The van der Waals surface area contributed by atoms with Gasteiger partial charge in [0.15, 0.2) is 16.1 Å². The number of aliphatic imine (C=N–C) groups is 1. The van der Waals surface area contributed by atoms with Crippen molar-refractivity contribution in [3.8, 4) is 22.8 Å². The van der Waals surface area contributed by atoms with Crippen molar-refractivity contribution in [2.24, 2.45) is 4.99 Å². The monoisotopic (exact) mass is 656 g/mol. The Balaban J connectivity index is 1.16. The number of hydrogen-bond acceptors (Lipinski definition) is 6. The SMILES string of the molecule is CC(C)c1cc(F)ccc1N1C(=O)CS/C1=N\C(=S)NCCCc1cccc(-c2ncn(-c3ccc(OC(F)(F)F)cc3)n2)c1. The van der Waals surface area contributed by atoms with Gasteiger partial charge < -0.3 is 10.1 Å². The molecule has 1 aliphatic rings. The highest BCUT2D eigenvalue weighted by Crippen LogP contribution is 2.34. The Bertz CT molecular complexity index is 1720. The predicted molar refractivity (Wildman–Crippen MR) is 170 cm³/mol. The van der Waals surface area contributed by atoms with Crippen LogP contribution in [-0.2, 0) is 11.2 Å². The lowest BCUT2D eigenvalue weighted by atomic mass is 10.0. The number of benzene rings is 3. The number of nitrogens with one attached hydrogen (secondary N) is 1. The number of amidine groups is 1. The Labute approximate surface area is 266 Å². The molecule has 1 amide bonds. The molecule has 5 rings (SSSR count). The molecule has 0 saturated carbocycles. The van der Waals surface area contributed by atoms with E-state index in [1.54, 1.807) is 6.07 Å². The van der Waals surface area contributed by atoms with Gasteiger partial charge in [0.2, 0.25) is 5.91 Å². The maximum atomic E-state index is 13.9. The first-order valence-electron chi connectivity index (χ1n) is 14.0. The fourth-order valence-electron chi connectivity index (χ4n) is 4.67. The Morgan fingerprint density at radius 1 is 1.13 bits per heavy atom. The highest BCUT2D eigenvalue weighted by atomic mass is 32.2. The Hall–Kier alpha value is -4.30. The largest absolute Gasteiger partial charge is 0.573 e. The molecule has 45 heavy (non-hydrogen) atoms. The van der Waals surface area contributed by atoms with E-state index in [1.807, 2.05) is 38.1 Å². The summed E-state index contributed by atoms with van der Waals surface area (Å²) in [6, 6.07) is 17.5. The maximum absolute atomic E-state index is 13.9. The minimum atomic E-state index is -4.76. The van der Waals surface area contributed by atoms with Gasteiger partial charge in [-0.3, -0.25) is 9.69 Å². The molecular formula is C31H28F4N6O2S2. The summed E-state index contributed by atoms with van der Waals surface area (Å²) in [6.45, 7) is 4.43. The molecule has 4 aromatic rings. The van der Waals surface area contributed by atoms with Crippen molar-refractivity contribution in [1.29, 1.82) is 0 Å². The molecule has 0 bridgehead atoms. The molecular weight excluding hydrogens is 629 g/mol. The van der Waals surface area contributed by atoms with E-state index in [0.717, 1.165) is 29.5 Å². The van der Waals surface area contributed by atoms with Crippen LogP contribution in [0.2, 0.25) is 0 Å². The van der Waals surface area contributed by atoms with E-state index >= 15 is 0 Å². The number of anilines is 1. The van der Waals surface area contributed by atoms with E-state index < -0.39 is 6.36 Å². The summed E-state index contributed by atoms with van der Waals surface area (Å²) in [5.74, 6) is -0.112. The molecule has 0 unspecified atom stereocenters. The molecule has 2 heterocycles. The van der Waals surface area contributed by atoms with Crippen LogP contribution in [-0.4, -0.2) is 49.6 Å². The normalized spacial score (nSPS) is 14.4. The topological polar surface area (TPSA) is 84.6 Å². The number of alkyl halides is 3. The number of carbonyl (C=O) groups is 1. The number of nitrogens with zero attached hydrogens (tertiary/aromatic N) is 5. The molecule has 1 saturated heterocycles. The molecule has 0 atom stereocenters. The van der Waals surface area contributed by atoms with Gasteiger partial charge in [0.1, 0.15) is 17.9 Å². The number of thiocarbonyl (C=S) groups is 1. The van der Waals surface area contributed by atoms with Crippen LogP contribution in [0.25, 0.3) is 17.1 Å². The molecule has 0 radical (unpaired) electrons. The van der Waals surface area contributed by atoms with Gasteiger partial charge in [-0.25, -0.2) is 14.1 Å². The van der Waals surface area contributed by atoms with Gasteiger partial charge in [0.25, 0.3) is 0 Å². The van der Waals surface area contributed by atoms with Crippen LogP contribution in [0, 0.1) is 5.82 Å². The lowest BCUT2D eigenvalue weighted by Crippen LogP contribution is -2.32. The molecule has 1 aromatic heterocycles. The molecule has 0 aliphatic carbocycles. The summed E-state index contributed by atoms with van der Waals surface area (Å²) >= 11 is 6.73. The third-order valence-corrected chi connectivity index (χ3v) is 7.90. The van der Waals surface area contributed by atoms with Crippen molar-refractivity contribution in [1.82, 2.24) is 20.1 Å². The molecule has 14 heteroatoms. The number of halogens is 4. The quantitative estimate of drug-likeness (QED) is 0.118. The van der Waals surface area contributed by atoms with Gasteiger partial charge >= 0.3 is 6.36 Å². The first-order valence-corrected chi connectivity index (χ1v) is 15.3. The van der Waals surface area contributed by atoms with Crippen molar-refractivity contribution in [3.05, 3.63) is 90.0 Å². The molecule has 234 valence electrons. The summed E-state index contributed by atoms with van der Waals surface area (Å²) in [7, 11) is 0. The van der Waals surface area contributed by atoms with Crippen molar-refractivity contribution in [2.45, 2.75) is 39.0 Å². The zero-order valence-corrected chi connectivity index (χ0v) is 25.8. The van der Waals surface area contributed by atoms with Crippen molar-refractivity contribution >= 4 is 45.9 Å². The first kappa shape index (κ1) is 32.1. The Kier molecular flexibility index (Phi) is 9.83. The van der Waals surface area contributed by atoms with Gasteiger partial charge in [0, 0.05) is 12.1 Å². The number of ether oxygens (including phenoxy) is 1. The van der Waals surface area contributed by atoms with Crippen LogP contribution < -0.4 is 15.0 Å². The van der Waals surface area contributed by atoms with Crippen LogP contribution in [0.1, 0.15) is 37.3 Å². The standard InChI is InChI=1S/C31H28F4N6O2S2/c1-19(2)25-16-22(32)8-13-26(25)41-27(42)17-45-30(41)38-29(44)36-14-4-6-20-5-3-7-21(15-20)28-37-18-40(39-28)23-9-11-24(12-10-23)43-31(33,34)35/h3,5,7-13,15-16,18-19H,4,6,14,17H2,1-2H3,(H,36,44)/b38-30-. The van der Waals surface area contributed by atoms with E-state index in [4.69, 9.17) is 12.2 Å². The number of hydrogen-bond donors (Lipinski definition) is 1. The van der Waals surface area contributed by atoms with E-state index in [1.165, 1.54) is 64.1 Å². The van der Waals surface area contributed by atoms with E-state index in [-0.39, 0.29) is 34.3 Å². The predicted octanol–water partition coefficient (Wildman–Crippen LogP) is 7.04. The van der Waals surface area contributed by atoms with E-state index in [0.29, 0.717) is 28.9 Å². The van der Waals surface area contributed by atoms with Gasteiger partial charge in [-0.15, -0.1) is 18.3 Å². The van der Waals surface area contributed by atoms with Crippen LogP contribution in [0.15, 0.2) is 78.0 Å². The Morgan fingerprint density at radius 3 is 2.64 bits per heavy atom. The fraction of sp³-hybridized carbons (Fsp3) is 0.258. The number of rotatable bonds is 9. The molecule has 1 N–H and O–H groups in total. The second-order valence-corrected chi connectivity index (χ2v) is 11.7. The zero-order chi connectivity index (χ0) is 32.1. The second-order valence-electron chi connectivity index (χ2n) is 10.4. The third kappa shape index (κ3) is 8.25. The summed E-state index contributed by atoms with van der Waals surface area (Å²) in [5.41, 5.74) is 3.71. The van der Waals surface area contributed by atoms with Crippen LogP contribution >= 0.6 is 24.0 Å². The van der Waals surface area contributed by atoms with Crippen LogP contribution in [0.3, 0.4) is 0 Å². The molecule has 8 nitrogen and oxygen atoms in total. The van der Waals surface area contributed by atoms with Gasteiger partial charge in [-0.1, -0.05) is 43.8 Å². The number of amides is 1. The average Bonchev–Trinajstić information content (AvgIpc) is 3.62. The van der Waals surface area contributed by atoms with Crippen molar-refractivity contribution in [2.75, 3.05) is 17.2 Å². The Morgan fingerprint density at radius 2 is 1.91 bits per heavy atom. The summed E-state index contributed by atoms with van der Waals surface area (Å²) in [5, 5.41) is 8.31. The minimum Gasteiger partial charge on any atom is -0.406 e. The zero-order valence-electron chi connectivity index (χ0n) is 24.2. The van der Waals surface area contributed by atoms with E-state index in [2.05, 4.69) is 25.1 Å². The first-order chi connectivity index (χ1) is 21.5. The summed E-state index contributed by atoms with van der Waals surface area (Å²) in [4.78, 5) is 23.1. The average molecular weight is 657 g/mol. The van der Waals surface area contributed by atoms with Crippen LogP contribution in [0.5, 0.6) is 5.75 Å². The van der Waals surface area contributed by atoms with Gasteiger partial charge in [-0.05, 0) is 90.6 Å². The number of aromatic nitrogens is 3.